The SMILES string of the molecule is COc1ccc(P2(=O)OCCC(c3ccccc3)N2CC(=O)NO)cc1. The summed E-state index contributed by atoms with van der Waals surface area (Å²) in [5.74, 6) is -0.0122. The average molecular weight is 376 g/mol. The summed E-state index contributed by atoms with van der Waals surface area (Å²) in [6.07, 6.45) is 0.586. The number of ether oxygens (including phenoxy) is 1. The molecule has 3 rings (SSSR count). The summed E-state index contributed by atoms with van der Waals surface area (Å²) in [4.78, 5) is 11.9. The Labute approximate surface area is 152 Å². The van der Waals surface area contributed by atoms with Gasteiger partial charge in [0.25, 0.3) is 5.91 Å². The number of nitrogens with one attached hydrogen (secondary N) is 1. The van der Waals surface area contributed by atoms with E-state index in [4.69, 9.17) is 14.5 Å². The van der Waals surface area contributed by atoms with Gasteiger partial charge >= 0.3 is 7.52 Å². The quantitative estimate of drug-likeness (QED) is 0.474. The van der Waals surface area contributed by atoms with Crippen LogP contribution in [0.25, 0.3) is 0 Å². The van der Waals surface area contributed by atoms with E-state index in [1.807, 2.05) is 30.3 Å². The largest absolute Gasteiger partial charge is 0.497 e. The number of hydrogen-bond donors (Lipinski definition) is 2. The molecule has 0 spiro atoms. The number of nitrogens with zero attached hydrogens (tertiary/aromatic N) is 1. The first-order valence-electron chi connectivity index (χ1n) is 8.22. The van der Waals surface area contributed by atoms with Gasteiger partial charge in [0.05, 0.1) is 25.6 Å². The Bertz CT molecular complexity index is 797. The Morgan fingerprint density at radius 2 is 1.96 bits per heavy atom. The molecule has 1 amide bonds. The van der Waals surface area contributed by atoms with Gasteiger partial charge in [0.1, 0.15) is 5.75 Å². The minimum absolute atomic E-state index is 0.251. The van der Waals surface area contributed by atoms with Gasteiger partial charge in [0, 0.05) is 6.04 Å². The first-order chi connectivity index (χ1) is 12.6. The highest BCUT2D eigenvalue weighted by atomic mass is 31.2. The second kappa shape index (κ2) is 8.01. The fourth-order valence-electron chi connectivity index (χ4n) is 3.09. The molecule has 0 saturated carbocycles. The molecule has 1 saturated heterocycles. The Morgan fingerprint density at radius 3 is 2.58 bits per heavy atom. The molecule has 1 aliphatic rings. The van der Waals surface area contributed by atoms with Crippen molar-refractivity contribution < 1.29 is 23.8 Å². The topological polar surface area (TPSA) is 88.1 Å². The molecule has 2 unspecified atom stereocenters. The van der Waals surface area contributed by atoms with Crippen LogP contribution in [-0.4, -0.2) is 36.0 Å². The number of rotatable bonds is 5. The molecule has 1 fully saturated rings. The zero-order valence-electron chi connectivity index (χ0n) is 14.4. The van der Waals surface area contributed by atoms with Crippen LogP contribution in [0.15, 0.2) is 54.6 Å². The summed E-state index contributed by atoms with van der Waals surface area (Å²) in [6, 6.07) is 16.0. The third kappa shape index (κ3) is 3.66. The lowest BCUT2D eigenvalue weighted by atomic mass is 10.0. The number of amides is 1. The second-order valence-electron chi connectivity index (χ2n) is 5.90. The predicted molar refractivity (Wildman–Crippen MR) is 96.6 cm³/mol. The third-order valence-corrected chi connectivity index (χ3v) is 6.95. The van der Waals surface area contributed by atoms with E-state index in [2.05, 4.69) is 0 Å². The highest BCUT2D eigenvalue weighted by molar-refractivity contribution is 7.64. The van der Waals surface area contributed by atoms with Crippen molar-refractivity contribution in [1.29, 1.82) is 0 Å². The van der Waals surface area contributed by atoms with Gasteiger partial charge in [0.15, 0.2) is 0 Å². The van der Waals surface area contributed by atoms with Crippen LogP contribution in [0, 0.1) is 0 Å². The first-order valence-corrected chi connectivity index (χ1v) is 9.80. The maximum atomic E-state index is 13.8. The number of benzene rings is 2. The second-order valence-corrected chi connectivity index (χ2v) is 8.23. The Morgan fingerprint density at radius 1 is 1.27 bits per heavy atom. The average Bonchev–Trinajstić information content (AvgIpc) is 2.70. The summed E-state index contributed by atoms with van der Waals surface area (Å²) in [7, 11) is -1.94. The van der Waals surface area contributed by atoms with Crippen molar-refractivity contribution in [2.75, 3.05) is 20.3 Å². The van der Waals surface area contributed by atoms with Crippen LogP contribution in [0.3, 0.4) is 0 Å². The number of methoxy groups -OCH3 is 1. The van der Waals surface area contributed by atoms with Crippen molar-refractivity contribution in [2.24, 2.45) is 0 Å². The van der Waals surface area contributed by atoms with Crippen LogP contribution in [0.4, 0.5) is 0 Å². The summed E-state index contributed by atoms with van der Waals surface area (Å²) >= 11 is 0. The van der Waals surface area contributed by atoms with Crippen molar-refractivity contribution in [3.05, 3.63) is 60.2 Å². The molecular formula is C18H21N2O5P. The molecular weight excluding hydrogens is 355 g/mol. The molecule has 1 heterocycles. The standard InChI is InChI=1S/C18H21N2O5P/c1-24-15-7-9-16(10-8-15)26(23)20(13-18(21)19-22)17(11-12-25-26)14-5-3-2-4-6-14/h2-10,17,22H,11-13H2,1H3,(H,19,21). The van der Waals surface area contributed by atoms with Crippen molar-refractivity contribution in [1.82, 2.24) is 10.2 Å². The summed E-state index contributed by atoms with van der Waals surface area (Å²) < 4.78 is 26.2. The molecule has 26 heavy (non-hydrogen) atoms. The van der Waals surface area contributed by atoms with Crippen LogP contribution >= 0.6 is 7.52 Å². The fourth-order valence-corrected chi connectivity index (χ4v) is 5.49. The monoisotopic (exact) mass is 376 g/mol. The van der Waals surface area contributed by atoms with Gasteiger partial charge < -0.3 is 9.26 Å². The van der Waals surface area contributed by atoms with E-state index in [0.717, 1.165) is 5.56 Å². The normalized spacial score (nSPS) is 23.4. The molecule has 7 nitrogen and oxygen atoms in total. The van der Waals surface area contributed by atoms with Crippen molar-refractivity contribution in [2.45, 2.75) is 12.5 Å². The lowest BCUT2D eigenvalue weighted by molar-refractivity contribution is -0.130. The van der Waals surface area contributed by atoms with E-state index in [1.165, 1.54) is 0 Å². The Kier molecular flexibility index (Phi) is 5.74. The maximum Gasteiger partial charge on any atom is 0.303 e. The van der Waals surface area contributed by atoms with Crippen molar-refractivity contribution in [3.8, 4) is 5.75 Å². The van der Waals surface area contributed by atoms with Crippen LogP contribution in [-0.2, 0) is 13.9 Å². The van der Waals surface area contributed by atoms with Crippen molar-refractivity contribution >= 4 is 18.7 Å². The molecule has 138 valence electrons. The van der Waals surface area contributed by atoms with Gasteiger partial charge in [-0.25, -0.2) is 10.2 Å². The van der Waals surface area contributed by atoms with E-state index in [9.17, 15) is 9.36 Å². The van der Waals surface area contributed by atoms with E-state index in [1.54, 1.807) is 41.5 Å². The maximum absolute atomic E-state index is 13.8. The molecule has 0 radical (unpaired) electrons. The smallest absolute Gasteiger partial charge is 0.303 e. The van der Waals surface area contributed by atoms with Crippen LogP contribution in [0.2, 0.25) is 0 Å². The predicted octanol–water partition coefficient (Wildman–Crippen LogP) is 2.48. The van der Waals surface area contributed by atoms with Gasteiger partial charge in [-0.2, -0.15) is 0 Å². The highest BCUT2D eigenvalue weighted by Gasteiger charge is 2.43. The van der Waals surface area contributed by atoms with E-state index >= 15 is 0 Å². The van der Waals surface area contributed by atoms with Crippen molar-refractivity contribution in [3.63, 3.8) is 0 Å². The summed E-state index contributed by atoms with van der Waals surface area (Å²) in [5.41, 5.74) is 2.55. The number of carbonyl (C=O) groups excluding carboxylic acids is 1. The minimum Gasteiger partial charge on any atom is -0.497 e. The highest BCUT2D eigenvalue weighted by Crippen LogP contribution is 2.57. The minimum atomic E-state index is -3.49. The van der Waals surface area contributed by atoms with Gasteiger partial charge in [-0.1, -0.05) is 30.3 Å². The fraction of sp³-hybridized carbons (Fsp3) is 0.278. The molecule has 2 N–H and O–H groups in total. The van der Waals surface area contributed by atoms with Crippen LogP contribution < -0.4 is 15.5 Å². The lowest BCUT2D eigenvalue weighted by Crippen LogP contribution is -2.41. The zero-order chi connectivity index (χ0) is 18.6. The Hall–Kier alpha value is -2.18. The van der Waals surface area contributed by atoms with Gasteiger partial charge in [-0.05, 0) is 36.2 Å². The number of hydroxylamine groups is 1. The van der Waals surface area contributed by atoms with E-state index < -0.39 is 13.4 Å². The van der Waals surface area contributed by atoms with Crippen LogP contribution in [0.5, 0.6) is 5.75 Å². The van der Waals surface area contributed by atoms with Gasteiger partial charge in [-0.3, -0.25) is 14.6 Å². The third-order valence-electron chi connectivity index (χ3n) is 4.37. The molecule has 0 bridgehead atoms. The zero-order valence-corrected chi connectivity index (χ0v) is 15.3. The molecule has 0 aromatic heterocycles. The molecule has 0 aliphatic carbocycles. The van der Waals surface area contributed by atoms with Gasteiger partial charge in [0.2, 0.25) is 0 Å². The molecule has 2 aromatic carbocycles. The summed E-state index contributed by atoms with van der Waals surface area (Å²) in [6.45, 7) is 0.0550. The molecule has 2 aromatic rings. The van der Waals surface area contributed by atoms with E-state index in [-0.39, 0.29) is 12.6 Å². The molecule has 2 atom stereocenters. The summed E-state index contributed by atoms with van der Waals surface area (Å²) in [5, 5.41) is 9.43. The Balaban J connectivity index is 2.02. The molecule has 1 aliphatic heterocycles. The number of hydrogen-bond acceptors (Lipinski definition) is 5. The molecule has 8 heteroatoms. The van der Waals surface area contributed by atoms with E-state index in [0.29, 0.717) is 24.1 Å². The first kappa shape index (κ1) is 18.6. The lowest BCUT2D eigenvalue weighted by Gasteiger charge is -2.41. The van der Waals surface area contributed by atoms with Crippen LogP contribution in [0.1, 0.15) is 18.0 Å². The van der Waals surface area contributed by atoms with Gasteiger partial charge in [-0.15, -0.1) is 0 Å². The number of carbonyl (C=O) groups is 1.